The molecule has 41 heavy (non-hydrogen) atoms. The lowest BCUT2D eigenvalue weighted by Gasteiger charge is -2.30. The maximum absolute atomic E-state index is 13.0. The third kappa shape index (κ3) is 10.1. The summed E-state index contributed by atoms with van der Waals surface area (Å²) in [6, 6.07) is 12.3. The Kier molecular flexibility index (Phi) is 13.7. The minimum atomic E-state index is -0.747. The molecule has 0 bridgehead atoms. The zero-order valence-electron chi connectivity index (χ0n) is 26.7. The van der Waals surface area contributed by atoms with Crippen molar-refractivity contribution in [2.24, 2.45) is 5.73 Å². The first-order valence-corrected chi connectivity index (χ1v) is 14.6. The van der Waals surface area contributed by atoms with Gasteiger partial charge < -0.3 is 30.0 Å². The van der Waals surface area contributed by atoms with Gasteiger partial charge in [-0.25, -0.2) is 0 Å². The molecule has 1 atom stereocenters. The van der Waals surface area contributed by atoms with E-state index >= 15 is 0 Å². The van der Waals surface area contributed by atoms with Crippen LogP contribution in [0.5, 0.6) is 23.0 Å². The van der Waals surface area contributed by atoms with Crippen molar-refractivity contribution in [3.8, 4) is 23.0 Å². The minimum Gasteiger partial charge on any atom is -0.493 e. The molecule has 9 heteroatoms. The van der Waals surface area contributed by atoms with Crippen LogP contribution in [-0.2, 0) is 0 Å². The highest BCUT2D eigenvalue weighted by Crippen LogP contribution is 2.31. The number of nitrogens with zero attached hydrogens (tertiary/aromatic N) is 2. The van der Waals surface area contributed by atoms with Crippen molar-refractivity contribution >= 4 is 5.91 Å². The number of carbonyl (C=O) groups excluding carboxylic acids is 1. The number of nitrogens with one attached hydrogen (secondary N) is 1. The van der Waals surface area contributed by atoms with Crippen molar-refractivity contribution < 1.29 is 23.7 Å². The Labute approximate surface area is 247 Å². The maximum Gasteiger partial charge on any atom is 0.252 e. The third-order valence-corrected chi connectivity index (χ3v) is 7.13. The van der Waals surface area contributed by atoms with Crippen LogP contribution < -0.4 is 30.0 Å². The first-order chi connectivity index (χ1) is 19.4. The fourth-order valence-corrected chi connectivity index (χ4v) is 4.98. The van der Waals surface area contributed by atoms with Crippen molar-refractivity contribution in [1.29, 1.82) is 0 Å². The molecule has 0 heterocycles. The van der Waals surface area contributed by atoms with Gasteiger partial charge in [0, 0.05) is 42.8 Å². The van der Waals surface area contributed by atoms with E-state index in [0.717, 1.165) is 13.1 Å². The number of carbonyl (C=O) groups is 1. The average Bonchev–Trinajstić information content (AvgIpc) is 2.92. The number of rotatable bonds is 17. The number of hydrogen-bond donors (Lipinski definition) is 2. The van der Waals surface area contributed by atoms with Gasteiger partial charge in [0.2, 0.25) is 0 Å². The Morgan fingerprint density at radius 2 is 1.15 bits per heavy atom. The minimum absolute atomic E-state index is 0.324. The molecule has 9 nitrogen and oxygen atoms in total. The molecule has 0 aliphatic carbocycles. The van der Waals surface area contributed by atoms with Crippen LogP contribution in [0.25, 0.3) is 0 Å². The summed E-state index contributed by atoms with van der Waals surface area (Å²) in [5, 5.41) is 2.85. The van der Waals surface area contributed by atoms with Crippen molar-refractivity contribution in [2.75, 3.05) is 40.5 Å². The van der Waals surface area contributed by atoms with E-state index in [2.05, 4.69) is 70.5 Å². The second-order valence-corrected chi connectivity index (χ2v) is 11.3. The molecule has 0 saturated carbocycles. The molecule has 0 aliphatic rings. The standard InChI is InChI=1S/C32H52N4O5/c1-21(2)35(22(3)4)15-17-40-27-13-11-25(19-29(27)38-9)31(33)34-32(37)26-12-14-28(30(20-26)39-10)41-18-16-36(23(5)6)24(7)8/h11-14,19-24,31H,15-18,33H2,1-10H3,(H,34,37). The molecular weight excluding hydrogens is 520 g/mol. The number of ether oxygens (including phenoxy) is 4. The molecule has 1 unspecified atom stereocenters. The molecule has 230 valence electrons. The molecule has 0 spiro atoms. The summed E-state index contributed by atoms with van der Waals surface area (Å²) in [5.74, 6) is 1.95. The van der Waals surface area contributed by atoms with Gasteiger partial charge in [0.25, 0.3) is 5.91 Å². The van der Waals surface area contributed by atoms with E-state index in [9.17, 15) is 4.79 Å². The Bertz CT molecular complexity index is 1070. The van der Waals surface area contributed by atoms with E-state index in [-0.39, 0.29) is 5.91 Å². The van der Waals surface area contributed by atoms with Gasteiger partial charge in [-0.1, -0.05) is 6.07 Å². The van der Waals surface area contributed by atoms with Crippen LogP contribution in [0.2, 0.25) is 0 Å². The molecular formula is C32H52N4O5. The lowest BCUT2D eigenvalue weighted by atomic mass is 10.1. The van der Waals surface area contributed by atoms with E-state index in [1.54, 1.807) is 38.5 Å². The monoisotopic (exact) mass is 572 g/mol. The van der Waals surface area contributed by atoms with Crippen LogP contribution in [0.15, 0.2) is 36.4 Å². The first-order valence-electron chi connectivity index (χ1n) is 14.6. The number of benzene rings is 2. The average molecular weight is 573 g/mol. The van der Waals surface area contributed by atoms with Gasteiger partial charge >= 0.3 is 0 Å². The van der Waals surface area contributed by atoms with Crippen molar-refractivity contribution in [2.45, 2.75) is 85.7 Å². The van der Waals surface area contributed by atoms with Crippen LogP contribution in [0, 0.1) is 0 Å². The normalized spacial score (nSPS) is 12.5. The zero-order chi connectivity index (χ0) is 30.7. The molecule has 3 N–H and O–H groups in total. The third-order valence-electron chi connectivity index (χ3n) is 7.13. The van der Waals surface area contributed by atoms with Gasteiger partial charge in [0.1, 0.15) is 19.4 Å². The van der Waals surface area contributed by atoms with E-state index in [1.807, 2.05) is 12.1 Å². The predicted octanol–water partition coefficient (Wildman–Crippen LogP) is 5.09. The summed E-state index contributed by atoms with van der Waals surface area (Å²) >= 11 is 0. The lowest BCUT2D eigenvalue weighted by molar-refractivity contribution is 0.0937. The summed E-state index contributed by atoms with van der Waals surface area (Å²) < 4.78 is 23.1. The molecule has 2 aromatic carbocycles. The van der Waals surface area contributed by atoms with Gasteiger partial charge in [0.15, 0.2) is 23.0 Å². The van der Waals surface area contributed by atoms with Gasteiger partial charge in [-0.05, 0) is 91.3 Å². The predicted molar refractivity (Wildman–Crippen MR) is 165 cm³/mol. The van der Waals surface area contributed by atoms with Gasteiger partial charge in [-0.15, -0.1) is 0 Å². The number of nitrogens with two attached hydrogens (primary N) is 1. The van der Waals surface area contributed by atoms with Crippen LogP contribution in [-0.4, -0.2) is 80.4 Å². The van der Waals surface area contributed by atoms with Gasteiger partial charge in [-0.2, -0.15) is 0 Å². The number of methoxy groups -OCH3 is 2. The largest absolute Gasteiger partial charge is 0.493 e. The van der Waals surface area contributed by atoms with Crippen molar-refractivity contribution in [3.63, 3.8) is 0 Å². The summed E-state index contributed by atoms with van der Waals surface area (Å²) in [4.78, 5) is 17.8. The maximum atomic E-state index is 13.0. The molecule has 0 aromatic heterocycles. The fraction of sp³-hybridized carbons (Fsp3) is 0.594. The lowest BCUT2D eigenvalue weighted by Crippen LogP contribution is -2.39. The molecule has 2 aromatic rings. The quantitative estimate of drug-likeness (QED) is 0.253. The van der Waals surface area contributed by atoms with Crippen LogP contribution in [0.4, 0.5) is 0 Å². The van der Waals surface area contributed by atoms with Crippen LogP contribution in [0.1, 0.15) is 77.5 Å². The van der Waals surface area contributed by atoms with Crippen molar-refractivity contribution in [3.05, 3.63) is 47.5 Å². The summed E-state index contributed by atoms with van der Waals surface area (Å²) in [6.45, 7) is 20.0. The van der Waals surface area contributed by atoms with E-state index in [4.69, 9.17) is 24.7 Å². The first kappa shape index (κ1) is 34.2. The Morgan fingerprint density at radius 1 is 0.707 bits per heavy atom. The van der Waals surface area contributed by atoms with Crippen LogP contribution >= 0.6 is 0 Å². The molecule has 0 radical (unpaired) electrons. The Morgan fingerprint density at radius 3 is 1.59 bits per heavy atom. The van der Waals surface area contributed by atoms with Crippen LogP contribution in [0.3, 0.4) is 0 Å². The number of amides is 1. The number of hydrogen-bond acceptors (Lipinski definition) is 8. The Balaban J connectivity index is 2.03. The summed E-state index contributed by atoms with van der Waals surface area (Å²) in [5.41, 5.74) is 7.47. The highest BCUT2D eigenvalue weighted by atomic mass is 16.5. The zero-order valence-corrected chi connectivity index (χ0v) is 26.7. The molecule has 0 saturated heterocycles. The SMILES string of the molecule is COc1cc(C(=O)NC(N)c2ccc(OCCN(C(C)C)C(C)C)c(OC)c2)ccc1OCCN(C(C)C)C(C)C. The van der Waals surface area contributed by atoms with E-state index in [0.29, 0.717) is 71.5 Å². The molecule has 2 rings (SSSR count). The van der Waals surface area contributed by atoms with E-state index in [1.165, 1.54) is 0 Å². The molecule has 0 fully saturated rings. The topological polar surface area (TPSA) is 98.5 Å². The van der Waals surface area contributed by atoms with E-state index < -0.39 is 6.17 Å². The highest BCUT2D eigenvalue weighted by Gasteiger charge is 2.18. The summed E-state index contributed by atoms with van der Waals surface area (Å²) in [7, 11) is 3.15. The Hall–Kier alpha value is -3.01. The second kappa shape index (κ2) is 16.4. The smallest absolute Gasteiger partial charge is 0.252 e. The molecule has 1 amide bonds. The van der Waals surface area contributed by atoms with Crippen molar-refractivity contribution in [1.82, 2.24) is 15.1 Å². The van der Waals surface area contributed by atoms with Gasteiger partial charge in [0.05, 0.1) is 14.2 Å². The summed E-state index contributed by atoms with van der Waals surface area (Å²) in [6.07, 6.45) is -0.747. The highest BCUT2D eigenvalue weighted by molar-refractivity contribution is 5.95. The molecule has 0 aliphatic heterocycles. The second-order valence-electron chi connectivity index (χ2n) is 11.3. The van der Waals surface area contributed by atoms with Gasteiger partial charge in [-0.3, -0.25) is 14.6 Å². The fourth-order valence-electron chi connectivity index (χ4n) is 4.98.